The summed E-state index contributed by atoms with van der Waals surface area (Å²) in [5, 5.41) is 6.12. The summed E-state index contributed by atoms with van der Waals surface area (Å²) in [5.74, 6) is 0.875. The van der Waals surface area contributed by atoms with E-state index in [1.165, 1.54) is 0 Å². The van der Waals surface area contributed by atoms with E-state index in [1.807, 2.05) is 12.1 Å². The minimum atomic E-state index is -0.288. The van der Waals surface area contributed by atoms with Gasteiger partial charge in [-0.15, -0.1) is 0 Å². The van der Waals surface area contributed by atoms with Crippen molar-refractivity contribution in [2.75, 3.05) is 38.1 Å². The lowest BCUT2D eigenvalue weighted by molar-refractivity contribution is -0.116. The van der Waals surface area contributed by atoms with Crippen LogP contribution in [0, 0.1) is 0 Å². The molecule has 0 bridgehead atoms. The first kappa shape index (κ1) is 15.3. The maximum absolute atomic E-state index is 12.3. The molecule has 3 heterocycles. The molecule has 1 atom stereocenters. The molecule has 7 heteroatoms. The lowest BCUT2D eigenvalue weighted by atomic mass is 9.92. The van der Waals surface area contributed by atoms with Crippen molar-refractivity contribution in [3.63, 3.8) is 0 Å². The number of hydrogen-bond acceptors (Lipinski definition) is 5. The largest absolute Gasteiger partial charge is 0.489 e. The minimum Gasteiger partial charge on any atom is -0.489 e. The number of anilines is 1. The van der Waals surface area contributed by atoms with Crippen molar-refractivity contribution in [1.29, 1.82) is 0 Å². The molecular weight excluding hydrogens is 310 g/mol. The molecule has 2 N–H and O–H groups in total. The fourth-order valence-corrected chi connectivity index (χ4v) is 3.49. The predicted molar refractivity (Wildman–Crippen MR) is 87.3 cm³/mol. The van der Waals surface area contributed by atoms with E-state index in [-0.39, 0.29) is 18.1 Å². The Kier molecular flexibility index (Phi) is 4.02. The molecule has 1 aromatic rings. The van der Waals surface area contributed by atoms with Gasteiger partial charge in [-0.2, -0.15) is 0 Å². The van der Waals surface area contributed by atoms with Gasteiger partial charge in [0.05, 0.1) is 0 Å². The Bertz CT molecular complexity index is 670. The zero-order valence-corrected chi connectivity index (χ0v) is 13.5. The van der Waals surface area contributed by atoms with Crippen LogP contribution in [0.3, 0.4) is 0 Å². The highest BCUT2D eigenvalue weighted by Crippen LogP contribution is 2.36. The molecule has 1 unspecified atom stereocenters. The van der Waals surface area contributed by atoms with Gasteiger partial charge in [0, 0.05) is 50.3 Å². The number of nitrogens with zero attached hydrogens (tertiary/aromatic N) is 1. The van der Waals surface area contributed by atoms with Gasteiger partial charge in [-0.25, -0.2) is 4.79 Å². The Labute approximate surface area is 140 Å². The highest BCUT2D eigenvalue weighted by atomic mass is 16.6. The van der Waals surface area contributed by atoms with Crippen LogP contribution in [0.25, 0.3) is 0 Å². The number of hydrogen-bond donors (Lipinski definition) is 2. The maximum Gasteiger partial charge on any atom is 0.410 e. The van der Waals surface area contributed by atoms with Crippen LogP contribution in [-0.2, 0) is 22.4 Å². The molecule has 128 valence electrons. The standard InChI is InChI=1S/C17H21N3O4/c21-16-4-1-12-13-9-11(10-23-15(13)3-2-14(12)19-16)24-17(22)20-7-5-18-6-8-20/h2-3,11,18H,1,4-10H2,(H,19,21). The molecule has 2 amide bonds. The summed E-state index contributed by atoms with van der Waals surface area (Å²) in [6.07, 6.45) is 1.25. The smallest absolute Gasteiger partial charge is 0.410 e. The highest BCUT2D eigenvalue weighted by Gasteiger charge is 2.30. The number of fused-ring (bicyclic) bond motifs is 3. The maximum atomic E-state index is 12.3. The third kappa shape index (κ3) is 2.91. The topological polar surface area (TPSA) is 79.9 Å². The summed E-state index contributed by atoms with van der Waals surface area (Å²) in [7, 11) is 0. The fourth-order valence-electron chi connectivity index (χ4n) is 3.49. The third-order valence-corrected chi connectivity index (χ3v) is 4.76. The summed E-state index contributed by atoms with van der Waals surface area (Å²) >= 11 is 0. The molecular formula is C17H21N3O4. The summed E-state index contributed by atoms with van der Waals surface area (Å²) < 4.78 is 11.4. The summed E-state index contributed by atoms with van der Waals surface area (Å²) in [6, 6.07) is 3.77. The van der Waals surface area contributed by atoms with E-state index in [1.54, 1.807) is 4.90 Å². The first-order chi connectivity index (χ1) is 11.7. The van der Waals surface area contributed by atoms with E-state index in [0.717, 1.165) is 35.7 Å². The van der Waals surface area contributed by atoms with Crippen molar-refractivity contribution in [3.8, 4) is 5.75 Å². The molecule has 0 radical (unpaired) electrons. The molecule has 0 saturated carbocycles. The van der Waals surface area contributed by atoms with Gasteiger partial charge in [-0.1, -0.05) is 0 Å². The molecule has 3 aliphatic heterocycles. The zero-order chi connectivity index (χ0) is 16.5. The first-order valence-corrected chi connectivity index (χ1v) is 8.44. The zero-order valence-electron chi connectivity index (χ0n) is 13.5. The number of rotatable bonds is 1. The number of benzene rings is 1. The van der Waals surface area contributed by atoms with Crippen LogP contribution in [0.5, 0.6) is 5.75 Å². The van der Waals surface area contributed by atoms with Crippen LogP contribution < -0.4 is 15.4 Å². The summed E-state index contributed by atoms with van der Waals surface area (Å²) in [4.78, 5) is 25.6. The molecule has 1 aromatic carbocycles. The van der Waals surface area contributed by atoms with Crippen LogP contribution in [0.1, 0.15) is 17.5 Å². The average molecular weight is 331 g/mol. The van der Waals surface area contributed by atoms with Gasteiger partial charge in [0.25, 0.3) is 0 Å². The normalized spacial score (nSPS) is 22.8. The Balaban J connectivity index is 1.48. The molecule has 1 fully saturated rings. The second-order valence-electron chi connectivity index (χ2n) is 6.37. The van der Waals surface area contributed by atoms with E-state index in [9.17, 15) is 9.59 Å². The Morgan fingerprint density at radius 2 is 2.04 bits per heavy atom. The van der Waals surface area contributed by atoms with Crippen molar-refractivity contribution in [2.45, 2.75) is 25.4 Å². The lowest BCUT2D eigenvalue weighted by Crippen LogP contribution is -2.48. The van der Waals surface area contributed by atoms with Crippen molar-refractivity contribution in [1.82, 2.24) is 10.2 Å². The highest BCUT2D eigenvalue weighted by molar-refractivity contribution is 5.94. The van der Waals surface area contributed by atoms with Crippen LogP contribution in [-0.4, -0.2) is 55.8 Å². The Morgan fingerprint density at radius 1 is 1.21 bits per heavy atom. The number of amides is 2. The number of carbonyl (C=O) groups excluding carboxylic acids is 2. The van der Waals surface area contributed by atoms with Gasteiger partial charge in [0.2, 0.25) is 5.91 Å². The summed E-state index contributed by atoms with van der Waals surface area (Å²) in [5.41, 5.74) is 3.01. The van der Waals surface area contributed by atoms with Gasteiger partial charge in [0.15, 0.2) is 0 Å². The van der Waals surface area contributed by atoms with E-state index in [2.05, 4.69) is 10.6 Å². The number of piperazine rings is 1. The van der Waals surface area contributed by atoms with Gasteiger partial charge in [-0.3, -0.25) is 4.79 Å². The van der Waals surface area contributed by atoms with Crippen molar-refractivity contribution in [2.24, 2.45) is 0 Å². The minimum absolute atomic E-state index is 0.0425. The monoisotopic (exact) mass is 331 g/mol. The van der Waals surface area contributed by atoms with E-state index in [0.29, 0.717) is 39.0 Å². The molecule has 7 nitrogen and oxygen atoms in total. The second-order valence-corrected chi connectivity index (χ2v) is 6.37. The van der Waals surface area contributed by atoms with E-state index in [4.69, 9.17) is 9.47 Å². The molecule has 0 aliphatic carbocycles. The lowest BCUT2D eigenvalue weighted by Gasteiger charge is -2.32. The molecule has 4 rings (SSSR count). The van der Waals surface area contributed by atoms with Crippen LogP contribution >= 0.6 is 0 Å². The van der Waals surface area contributed by atoms with Gasteiger partial charge in [0.1, 0.15) is 18.5 Å². The Morgan fingerprint density at radius 3 is 2.88 bits per heavy atom. The van der Waals surface area contributed by atoms with Crippen molar-refractivity contribution >= 4 is 17.7 Å². The molecule has 24 heavy (non-hydrogen) atoms. The van der Waals surface area contributed by atoms with Gasteiger partial charge >= 0.3 is 6.09 Å². The molecule has 1 saturated heterocycles. The number of carbonyl (C=O) groups is 2. The van der Waals surface area contributed by atoms with E-state index < -0.39 is 0 Å². The molecule has 0 aromatic heterocycles. The average Bonchev–Trinajstić information content (AvgIpc) is 2.62. The molecule has 3 aliphatic rings. The van der Waals surface area contributed by atoms with Gasteiger partial charge in [-0.05, 0) is 24.1 Å². The number of nitrogens with one attached hydrogen (secondary N) is 2. The predicted octanol–water partition coefficient (Wildman–Crippen LogP) is 0.917. The second kappa shape index (κ2) is 6.32. The fraction of sp³-hybridized carbons (Fsp3) is 0.529. The number of ether oxygens (including phenoxy) is 2. The Hall–Kier alpha value is -2.28. The SMILES string of the molecule is O=C1CCc2c(ccc3c2CC(OC(=O)N2CCNCC2)CO3)N1. The van der Waals surface area contributed by atoms with Gasteiger partial charge < -0.3 is 25.0 Å². The first-order valence-electron chi connectivity index (χ1n) is 8.44. The van der Waals surface area contributed by atoms with E-state index >= 15 is 0 Å². The van der Waals surface area contributed by atoms with Crippen LogP contribution in [0.4, 0.5) is 10.5 Å². The summed E-state index contributed by atoms with van der Waals surface area (Å²) in [6.45, 7) is 3.31. The quantitative estimate of drug-likeness (QED) is 0.800. The van der Waals surface area contributed by atoms with Crippen molar-refractivity contribution in [3.05, 3.63) is 23.3 Å². The van der Waals surface area contributed by atoms with Crippen LogP contribution in [0.15, 0.2) is 12.1 Å². The van der Waals surface area contributed by atoms with Crippen LogP contribution in [0.2, 0.25) is 0 Å². The van der Waals surface area contributed by atoms with Crippen molar-refractivity contribution < 1.29 is 19.1 Å². The molecule has 0 spiro atoms. The third-order valence-electron chi connectivity index (χ3n) is 4.76.